The normalized spacial score (nSPS) is 19.3. The van der Waals surface area contributed by atoms with E-state index >= 15 is 0 Å². The fourth-order valence-corrected chi connectivity index (χ4v) is 0.893. The zero-order chi connectivity index (χ0) is 10.4. The van der Waals surface area contributed by atoms with Crippen LogP contribution in [-0.4, -0.2) is 70.1 Å². The Morgan fingerprint density at radius 3 is 1.79 bits per heavy atom. The second-order valence-electron chi connectivity index (χ2n) is 2.86. The topological polar surface area (TPSA) is 113 Å². The summed E-state index contributed by atoms with van der Waals surface area (Å²) in [7, 11) is 1.57. The Morgan fingerprint density at radius 1 is 1.00 bits per heavy atom. The first-order valence-corrected chi connectivity index (χ1v) is 4.02. The van der Waals surface area contributed by atoms with Gasteiger partial charge in [0.2, 0.25) is 0 Å². The Balaban J connectivity index is 0. The summed E-state index contributed by atoms with van der Waals surface area (Å²) in [5.41, 5.74) is 0. The summed E-state index contributed by atoms with van der Waals surface area (Å²) in [6.07, 6.45) is -5.65. The van der Waals surface area contributed by atoms with E-state index in [0.717, 1.165) is 0 Å². The van der Waals surface area contributed by atoms with E-state index in [-0.39, 0.29) is 46.5 Å². The van der Waals surface area contributed by atoms with Crippen LogP contribution in [0.4, 0.5) is 0 Å². The largest absolute Gasteiger partial charge is 1.00 e. The van der Waals surface area contributed by atoms with Gasteiger partial charge < -0.3 is 70.8 Å². The van der Waals surface area contributed by atoms with E-state index in [4.69, 9.17) is 20.4 Å². The molecule has 0 fully saturated rings. The van der Waals surface area contributed by atoms with Gasteiger partial charge in [-0.2, -0.15) is 0 Å². The second-order valence-corrected chi connectivity index (χ2v) is 2.86. The fourth-order valence-electron chi connectivity index (χ4n) is 0.893. The van der Waals surface area contributed by atoms with Crippen LogP contribution in [0, 0.1) is 39.9 Å². The average Bonchev–Trinajstić information content (AvgIpc) is 2.14. The molecule has 0 spiro atoms. The Kier molecular flexibility index (Phi) is 11.6. The van der Waals surface area contributed by atoms with Crippen LogP contribution in [0.2, 0.25) is 0 Å². The molecule has 4 atom stereocenters. The van der Waals surface area contributed by atoms with Crippen molar-refractivity contribution in [2.24, 2.45) is 0 Å². The molecule has 0 aliphatic heterocycles. The average molecular weight is 352 g/mol. The first-order chi connectivity index (χ1) is 6.04. The van der Waals surface area contributed by atoms with Crippen molar-refractivity contribution in [1.82, 2.24) is 5.32 Å². The zero-order valence-corrected chi connectivity index (χ0v) is 10.1. The van der Waals surface area contributed by atoms with Crippen LogP contribution in [0.1, 0.15) is 0 Å². The van der Waals surface area contributed by atoms with E-state index in [1.165, 1.54) is 0 Å². The molecule has 0 saturated heterocycles. The molecule has 89 valence electrons. The molecule has 0 aliphatic rings. The summed E-state index contributed by atoms with van der Waals surface area (Å²) in [5.74, 6) is 0. The Bertz CT molecular complexity index is 139. The van der Waals surface area contributed by atoms with E-state index in [0.29, 0.717) is 0 Å². The van der Waals surface area contributed by atoms with Gasteiger partial charge in [0.25, 0.3) is 0 Å². The molecule has 0 saturated carbocycles. The van der Waals surface area contributed by atoms with E-state index in [9.17, 15) is 5.11 Å². The molecule has 1 radical (unpaired) electrons. The minimum Gasteiger partial charge on any atom is -1.00 e. The number of aliphatic hydroxyl groups excluding tert-OH is 5. The number of aliphatic hydroxyl groups is 5. The van der Waals surface area contributed by atoms with Crippen LogP contribution in [0.25, 0.3) is 0 Å². The van der Waals surface area contributed by atoms with Crippen molar-refractivity contribution in [3.8, 4) is 0 Å². The van der Waals surface area contributed by atoms with Crippen LogP contribution in [0.15, 0.2) is 0 Å². The molecule has 14 heavy (non-hydrogen) atoms. The molecular formula is C7H17GdNO5-. The maximum atomic E-state index is 9.21. The molecule has 6 N–H and O–H groups in total. The molecule has 6 nitrogen and oxygen atoms in total. The summed E-state index contributed by atoms with van der Waals surface area (Å²) < 4.78 is 0. The Morgan fingerprint density at radius 2 is 1.43 bits per heavy atom. The van der Waals surface area contributed by atoms with Crippen molar-refractivity contribution >= 4 is 0 Å². The summed E-state index contributed by atoms with van der Waals surface area (Å²) in [6, 6.07) is 0. The maximum Gasteiger partial charge on any atom is 0.111 e. The van der Waals surface area contributed by atoms with E-state index in [2.05, 4.69) is 5.32 Å². The van der Waals surface area contributed by atoms with Crippen molar-refractivity contribution in [1.29, 1.82) is 0 Å². The van der Waals surface area contributed by atoms with Crippen LogP contribution in [-0.2, 0) is 0 Å². The van der Waals surface area contributed by atoms with Gasteiger partial charge in [-0.1, -0.05) is 0 Å². The van der Waals surface area contributed by atoms with Crippen LogP contribution in [0.5, 0.6) is 0 Å². The van der Waals surface area contributed by atoms with Gasteiger partial charge in [-0.05, 0) is 7.05 Å². The first kappa shape index (κ1) is 17.5. The molecule has 0 aromatic rings. The molecular weight excluding hydrogens is 335 g/mol. The van der Waals surface area contributed by atoms with Gasteiger partial charge in [-0.3, -0.25) is 0 Å². The molecule has 0 amide bonds. The van der Waals surface area contributed by atoms with Gasteiger partial charge in [0.15, 0.2) is 0 Å². The summed E-state index contributed by atoms with van der Waals surface area (Å²) in [5, 5.41) is 47.5. The Labute approximate surface area is 115 Å². The number of likely N-dealkylation sites (N-methyl/N-ethyl adjacent to an activating group) is 1. The van der Waals surface area contributed by atoms with Gasteiger partial charge in [0.1, 0.15) is 18.3 Å². The van der Waals surface area contributed by atoms with Gasteiger partial charge in [0, 0.05) is 6.54 Å². The predicted octanol–water partition coefficient (Wildman–Crippen LogP) is -3.36. The van der Waals surface area contributed by atoms with Gasteiger partial charge >= 0.3 is 0 Å². The van der Waals surface area contributed by atoms with Crippen LogP contribution in [0.3, 0.4) is 0 Å². The number of hydrogen-bond donors (Lipinski definition) is 6. The smallest absolute Gasteiger partial charge is 0.111 e. The molecule has 0 aromatic carbocycles. The van der Waals surface area contributed by atoms with Crippen molar-refractivity contribution in [2.75, 3.05) is 20.2 Å². The zero-order valence-electron chi connectivity index (χ0n) is 7.81. The van der Waals surface area contributed by atoms with Crippen LogP contribution < -0.4 is 5.32 Å². The van der Waals surface area contributed by atoms with E-state index in [1.807, 2.05) is 0 Å². The number of hydrogen-bond acceptors (Lipinski definition) is 6. The molecule has 0 unspecified atom stereocenters. The minimum absolute atomic E-state index is 0. The molecule has 0 aromatic heterocycles. The van der Waals surface area contributed by atoms with Gasteiger partial charge in [-0.25, -0.2) is 0 Å². The number of nitrogens with one attached hydrogen (secondary N) is 1. The van der Waals surface area contributed by atoms with E-state index in [1.54, 1.807) is 7.05 Å². The van der Waals surface area contributed by atoms with Crippen molar-refractivity contribution in [3.05, 3.63) is 0 Å². The predicted molar refractivity (Wildman–Crippen MR) is 45.0 cm³/mol. The summed E-state index contributed by atoms with van der Waals surface area (Å²) in [4.78, 5) is 0. The van der Waals surface area contributed by atoms with E-state index < -0.39 is 31.0 Å². The molecule has 0 heterocycles. The second kappa shape index (κ2) is 9.32. The molecule has 0 rings (SSSR count). The van der Waals surface area contributed by atoms with Crippen molar-refractivity contribution < 1.29 is 65.5 Å². The maximum absolute atomic E-state index is 9.21. The molecule has 0 aliphatic carbocycles. The summed E-state index contributed by atoms with van der Waals surface area (Å²) >= 11 is 0. The number of rotatable bonds is 6. The monoisotopic (exact) mass is 353 g/mol. The van der Waals surface area contributed by atoms with Crippen molar-refractivity contribution in [2.45, 2.75) is 24.4 Å². The van der Waals surface area contributed by atoms with Crippen LogP contribution >= 0.6 is 0 Å². The fraction of sp³-hybridized carbons (Fsp3) is 1.00. The third-order valence-electron chi connectivity index (χ3n) is 1.74. The van der Waals surface area contributed by atoms with Crippen molar-refractivity contribution in [3.63, 3.8) is 0 Å². The third-order valence-corrected chi connectivity index (χ3v) is 1.74. The minimum atomic E-state index is -1.55. The SMILES string of the molecule is CNC[C@H](O)[C@@H](O)[C@H](O)[C@H](O)CO.[Gd-]. The molecule has 7 heteroatoms. The Hall–Kier alpha value is 1.08. The molecule has 0 bridgehead atoms. The quantitative estimate of drug-likeness (QED) is 0.298. The van der Waals surface area contributed by atoms with Gasteiger partial charge in [-0.15, -0.1) is 0 Å². The third kappa shape index (κ3) is 5.84. The first-order valence-electron chi connectivity index (χ1n) is 4.02. The standard InChI is InChI=1S/C7H17NO5.Gd/c1-8-2-4(10)6(12)7(13)5(11)3-9;/h4-13H,2-3H2,1H3;/q;-1/t4-,5+,6+,7+;/m0./s1. The summed E-state index contributed by atoms with van der Waals surface area (Å²) in [6.45, 7) is -0.569. The van der Waals surface area contributed by atoms with Gasteiger partial charge in [0.05, 0.1) is 12.7 Å².